The van der Waals surface area contributed by atoms with Gasteiger partial charge in [0.15, 0.2) is 5.82 Å². The Kier molecular flexibility index (Phi) is 5.99. The van der Waals surface area contributed by atoms with E-state index in [-0.39, 0.29) is 18.6 Å². The van der Waals surface area contributed by atoms with Gasteiger partial charge in [-0.1, -0.05) is 78.0 Å². The number of carbonyl (C=O) groups is 1. The third-order valence-electron chi connectivity index (χ3n) is 5.35. The highest BCUT2D eigenvalue weighted by atomic mass is 32.2. The van der Waals surface area contributed by atoms with Gasteiger partial charge in [0, 0.05) is 5.69 Å². The Morgan fingerprint density at radius 1 is 1.00 bits per heavy atom. The number of hydrogen-bond donors (Lipinski definition) is 2. The Morgan fingerprint density at radius 3 is 2.42 bits per heavy atom. The van der Waals surface area contributed by atoms with Crippen molar-refractivity contribution in [2.75, 3.05) is 10.7 Å². The lowest BCUT2D eigenvalue weighted by molar-refractivity contribution is -0.116. The largest absolute Gasteiger partial charge is 0.486 e. The molecule has 8 heteroatoms. The van der Waals surface area contributed by atoms with Crippen molar-refractivity contribution in [2.24, 2.45) is 0 Å². The Bertz CT molecular complexity index is 1230. The number of carbonyl (C=O) groups excluding carboxylic acids is 1. The molecule has 1 aliphatic heterocycles. The number of para-hydroxylation sites is 1. The quantitative estimate of drug-likeness (QED) is 0.442. The molecule has 0 aliphatic carbocycles. The van der Waals surface area contributed by atoms with Crippen LogP contribution in [0.2, 0.25) is 0 Å². The molecule has 1 aromatic heterocycles. The molecule has 0 fully saturated rings. The summed E-state index contributed by atoms with van der Waals surface area (Å²) in [6.45, 7) is 2.27. The summed E-state index contributed by atoms with van der Waals surface area (Å²) in [6, 6.07) is 27.0. The summed E-state index contributed by atoms with van der Waals surface area (Å²) in [5.41, 5.74) is 6.36. The van der Waals surface area contributed by atoms with Gasteiger partial charge in [-0.05, 0) is 36.8 Å². The van der Waals surface area contributed by atoms with E-state index in [4.69, 9.17) is 4.74 Å². The number of fused-ring (bicyclic) bond motifs is 1. The van der Waals surface area contributed by atoms with Gasteiger partial charge in [-0.15, -0.1) is 10.2 Å². The average molecular weight is 458 g/mol. The van der Waals surface area contributed by atoms with E-state index in [1.54, 1.807) is 0 Å². The minimum absolute atomic E-state index is 0.0958. The minimum atomic E-state index is -0.437. The number of ether oxygens (including phenoxy) is 1. The molecular formula is C25H23N5O2S. The first-order valence-corrected chi connectivity index (χ1v) is 11.5. The van der Waals surface area contributed by atoms with Gasteiger partial charge in [0.1, 0.15) is 17.6 Å². The van der Waals surface area contributed by atoms with E-state index in [1.165, 1.54) is 11.8 Å². The van der Waals surface area contributed by atoms with E-state index in [1.807, 2.05) is 96.5 Å². The molecule has 2 atom stereocenters. The second-order valence-electron chi connectivity index (χ2n) is 7.75. The summed E-state index contributed by atoms with van der Waals surface area (Å²) < 4.78 is 7.69. The number of amides is 1. The van der Waals surface area contributed by atoms with E-state index >= 15 is 0 Å². The summed E-state index contributed by atoms with van der Waals surface area (Å²) in [6.07, 6.45) is 0. The normalized spacial score (nSPS) is 17.0. The third kappa shape index (κ3) is 4.70. The third-order valence-corrected chi connectivity index (χ3v) is 6.57. The maximum Gasteiger partial charge on any atom is 0.240 e. The zero-order chi connectivity index (χ0) is 22.6. The molecule has 0 bridgehead atoms. The standard InChI is InChI=1S/C25H23N5O2S/c1-17-12-14-19(15-13-17)26-24(31)23-22(18-8-4-2-5-9-18)29-30-21(27-28-25(30)33-23)16-32-20-10-6-3-7-11-20/h2-15,22-23,29H,16H2,1H3,(H,26,31). The lowest BCUT2D eigenvalue weighted by Crippen LogP contribution is -2.41. The zero-order valence-corrected chi connectivity index (χ0v) is 18.8. The zero-order valence-electron chi connectivity index (χ0n) is 18.0. The maximum atomic E-state index is 13.3. The number of nitrogens with zero attached hydrogens (tertiary/aromatic N) is 3. The molecule has 1 amide bonds. The van der Waals surface area contributed by atoms with Crippen molar-refractivity contribution in [3.05, 3.63) is 102 Å². The number of aromatic nitrogens is 3. The molecule has 2 heterocycles. The lowest BCUT2D eigenvalue weighted by atomic mass is 10.0. The molecule has 33 heavy (non-hydrogen) atoms. The van der Waals surface area contributed by atoms with Gasteiger partial charge < -0.3 is 15.5 Å². The average Bonchev–Trinajstić information content (AvgIpc) is 3.26. The number of thioether (sulfide) groups is 1. The molecular weight excluding hydrogens is 434 g/mol. The van der Waals surface area contributed by atoms with Crippen LogP contribution in [0, 0.1) is 6.92 Å². The van der Waals surface area contributed by atoms with Crippen LogP contribution in [0.1, 0.15) is 23.0 Å². The monoisotopic (exact) mass is 457 g/mol. The molecule has 2 unspecified atom stereocenters. The van der Waals surface area contributed by atoms with Crippen LogP contribution >= 0.6 is 11.8 Å². The second-order valence-corrected chi connectivity index (χ2v) is 8.86. The van der Waals surface area contributed by atoms with Gasteiger partial charge in [-0.25, -0.2) is 4.68 Å². The van der Waals surface area contributed by atoms with Crippen LogP contribution in [0.3, 0.4) is 0 Å². The van der Waals surface area contributed by atoms with Crippen molar-refractivity contribution in [3.63, 3.8) is 0 Å². The number of nitrogens with one attached hydrogen (secondary N) is 2. The van der Waals surface area contributed by atoms with Crippen LogP contribution in [-0.4, -0.2) is 26.0 Å². The van der Waals surface area contributed by atoms with Gasteiger partial charge in [-0.2, -0.15) is 0 Å². The van der Waals surface area contributed by atoms with Crippen molar-refractivity contribution in [1.82, 2.24) is 14.9 Å². The van der Waals surface area contributed by atoms with Crippen LogP contribution in [-0.2, 0) is 11.4 Å². The topological polar surface area (TPSA) is 81.1 Å². The highest BCUT2D eigenvalue weighted by Gasteiger charge is 2.37. The van der Waals surface area contributed by atoms with Crippen LogP contribution in [0.4, 0.5) is 5.69 Å². The first kappa shape index (κ1) is 21.1. The summed E-state index contributed by atoms with van der Waals surface area (Å²) >= 11 is 1.39. The van der Waals surface area contributed by atoms with E-state index in [0.717, 1.165) is 22.6 Å². The van der Waals surface area contributed by atoms with E-state index in [9.17, 15) is 4.79 Å². The fourth-order valence-electron chi connectivity index (χ4n) is 3.62. The predicted octanol–water partition coefficient (Wildman–Crippen LogP) is 4.56. The Hall–Kier alpha value is -3.78. The molecule has 1 aliphatic rings. The molecule has 0 spiro atoms. The summed E-state index contributed by atoms with van der Waals surface area (Å²) in [5.74, 6) is 1.30. The van der Waals surface area contributed by atoms with Gasteiger partial charge in [-0.3, -0.25) is 4.79 Å². The van der Waals surface area contributed by atoms with Gasteiger partial charge >= 0.3 is 0 Å². The molecule has 3 aromatic carbocycles. The van der Waals surface area contributed by atoms with E-state index in [0.29, 0.717) is 11.0 Å². The number of anilines is 1. The Labute approximate surface area is 196 Å². The highest BCUT2D eigenvalue weighted by Crippen LogP contribution is 2.37. The van der Waals surface area contributed by atoms with Crippen molar-refractivity contribution in [1.29, 1.82) is 0 Å². The SMILES string of the molecule is Cc1ccc(NC(=O)C2Sc3nnc(COc4ccccc4)n3NC2c2ccccc2)cc1. The van der Waals surface area contributed by atoms with Crippen molar-refractivity contribution in [2.45, 2.75) is 30.0 Å². The summed E-state index contributed by atoms with van der Waals surface area (Å²) in [4.78, 5) is 13.3. The smallest absolute Gasteiger partial charge is 0.240 e. The Morgan fingerprint density at radius 2 is 1.70 bits per heavy atom. The van der Waals surface area contributed by atoms with Gasteiger partial charge in [0.25, 0.3) is 0 Å². The van der Waals surface area contributed by atoms with Crippen LogP contribution < -0.4 is 15.5 Å². The minimum Gasteiger partial charge on any atom is -0.486 e. The number of aryl methyl sites for hydroxylation is 1. The molecule has 4 aromatic rings. The molecule has 0 radical (unpaired) electrons. The lowest BCUT2D eigenvalue weighted by Gasteiger charge is -2.33. The maximum absolute atomic E-state index is 13.3. The highest BCUT2D eigenvalue weighted by molar-refractivity contribution is 8.00. The second kappa shape index (κ2) is 9.38. The van der Waals surface area contributed by atoms with Crippen molar-refractivity contribution < 1.29 is 9.53 Å². The van der Waals surface area contributed by atoms with E-state index < -0.39 is 5.25 Å². The predicted molar refractivity (Wildman–Crippen MR) is 129 cm³/mol. The first-order valence-electron chi connectivity index (χ1n) is 10.7. The molecule has 2 N–H and O–H groups in total. The molecule has 5 rings (SSSR count). The number of hydrogen-bond acceptors (Lipinski definition) is 6. The molecule has 166 valence electrons. The molecule has 0 saturated carbocycles. The fourth-order valence-corrected chi connectivity index (χ4v) is 4.72. The first-order chi connectivity index (χ1) is 16.2. The van der Waals surface area contributed by atoms with Crippen molar-refractivity contribution in [3.8, 4) is 5.75 Å². The summed E-state index contributed by atoms with van der Waals surface area (Å²) in [7, 11) is 0. The van der Waals surface area contributed by atoms with Gasteiger partial charge in [0.05, 0.1) is 6.04 Å². The van der Waals surface area contributed by atoms with Crippen LogP contribution in [0.15, 0.2) is 90.1 Å². The fraction of sp³-hybridized carbons (Fsp3) is 0.160. The van der Waals surface area contributed by atoms with E-state index in [2.05, 4.69) is 20.9 Å². The van der Waals surface area contributed by atoms with Crippen LogP contribution in [0.25, 0.3) is 0 Å². The molecule has 0 saturated heterocycles. The molecule has 7 nitrogen and oxygen atoms in total. The van der Waals surface area contributed by atoms with Gasteiger partial charge in [0.2, 0.25) is 11.1 Å². The Balaban J connectivity index is 1.40. The number of rotatable bonds is 6. The summed E-state index contributed by atoms with van der Waals surface area (Å²) in [5, 5.41) is 11.8. The number of benzene rings is 3. The van der Waals surface area contributed by atoms with Crippen molar-refractivity contribution >= 4 is 23.4 Å². The van der Waals surface area contributed by atoms with Crippen LogP contribution in [0.5, 0.6) is 5.75 Å².